The molecule has 0 radical (unpaired) electrons. The van der Waals surface area contributed by atoms with E-state index in [0.29, 0.717) is 0 Å². The van der Waals surface area contributed by atoms with Crippen LogP contribution in [-0.4, -0.2) is 8.07 Å². The van der Waals surface area contributed by atoms with Crippen molar-refractivity contribution < 1.29 is 0 Å². The van der Waals surface area contributed by atoms with Crippen LogP contribution >= 0.6 is 0 Å². The van der Waals surface area contributed by atoms with Gasteiger partial charge in [0.1, 0.15) is 8.07 Å². The molecule has 0 saturated heterocycles. The number of hydrogen-bond acceptors (Lipinski definition) is 0. The summed E-state index contributed by atoms with van der Waals surface area (Å²) in [7, 11) is -1.35. The molecule has 0 saturated carbocycles. The zero-order valence-electron chi connectivity index (χ0n) is 15.8. The number of allylic oxidation sites excluding steroid dienone is 4. The lowest BCUT2D eigenvalue weighted by Crippen LogP contribution is -2.27. The first-order valence-electron chi connectivity index (χ1n) is 9.78. The minimum absolute atomic E-state index is 1.11. The Kier molecular flexibility index (Phi) is 3.13. The fraction of sp³-hybridized carbons (Fsp3) is 0.333. The zero-order chi connectivity index (χ0) is 17.3. The number of rotatable bonds is 3. The highest BCUT2D eigenvalue weighted by Crippen LogP contribution is 2.47. The summed E-state index contributed by atoms with van der Waals surface area (Å²) < 4.78 is 0. The maximum Gasteiger partial charge on any atom is 0.118 e. The van der Waals surface area contributed by atoms with Crippen LogP contribution in [-0.2, 0) is 6.42 Å². The second-order valence-corrected chi connectivity index (χ2v) is 12.6. The Bertz CT molecular complexity index is 984. The lowest BCUT2D eigenvalue weighted by Gasteiger charge is -2.13. The summed E-state index contributed by atoms with van der Waals surface area (Å²) in [4.78, 5) is 0. The molecule has 25 heavy (non-hydrogen) atoms. The van der Waals surface area contributed by atoms with Gasteiger partial charge in [0.25, 0.3) is 0 Å². The van der Waals surface area contributed by atoms with Crippen LogP contribution in [0.25, 0.3) is 16.7 Å². The average molecular weight is 343 g/mol. The molecule has 0 atom stereocenters. The molecular weight excluding hydrogens is 316 g/mol. The molecule has 5 rings (SSSR count). The molecule has 3 aliphatic rings. The van der Waals surface area contributed by atoms with Gasteiger partial charge in [-0.2, -0.15) is 0 Å². The highest BCUT2D eigenvalue weighted by molar-refractivity contribution is 7.18. The van der Waals surface area contributed by atoms with Crippen LogP contribution < -0.4 is 10.4 Å². The van der Waals surface area contributed by atoms with Gasteiger partial charge >= 0.3 is 0 Å². The number of fused-ring (bicyclic) bond motifs is 5. The third-order valence-electron chi connectivity index (χ3n) is 6.94. The monoisotopic (exact) mass is 342 g/mol. The first-order chi connectivity index (χ1) is 12.1. The Balaban J connectivity index is 1.84. The minimum atomic E-state index is -1.35. The summed E-state index contributed by atoms with van der Waals surface area (Å²) in [6.07, 6.45) is 9.14. The van der Waals surface area contributed by atoms with Crippen LogP contribution in [0.15, 0.2) is 36.4 Å². The third-order valence-corrected chi connectivity index (χ3v) is 12.1. The lowest BCUT2D eigenvalue weighted by molar-refractivity contribution is 1.22. The molecule has 0 N–H and O–H groups in total. The molecule has 1 aliphatic heterocycles. The van der Waals surface area contributed by atoms with Gasteiger partial charge in [-0.15, -0.1) is 0 Å². The molecule has 0 spiro atoms. The van der Waals surface area contributed by atoms with Crippen LogP contribution in [0.3, 0.4) is 0 Å². The van der Waals surface area contributed by atoms with Gasteiger partial charge in [-0.3, -0.25) is 0 Å². The molecule has 0 nitrogen and oxygen atoms in total. The molecule has 0 bridgehead atoms. The molecular formula is C24H26Si. The SMILES string of the molecule is CC[Si]1(CC)c2c(C)c(C3=CC=CC3)c3c(c21)-c1ccc(C)cc1C3. The van der Waals surface area contributed by atoms with Crippen molar-refractivity contribution in [2.75, 3.05) is 0 Å². The van der Waals surface area contributed by atoms with Gasteiger partial charge in [-0.05, 0) is 70.8 Å². The summed E-state index contributed by atoms with van der Waals surface area (Å²) in [6, 6.07) is 9.87. The maximum atomic E-state index is 2.43. The Labute approximate surface area is 152 Å². The number of benzene rings is 2. The molecule has 2 aromatic carbocycles. The highest BCUT2D eigenvalue weighted by atomic mass is 28.3. The molecule has 0 aromatic heterocycles. The van der Waals surface area contributed by atoms with E-state index in [9.17, 15) is 0 Å². The summed E-state index contributed by atoms with van der Waals surface area (Å²) in [5.74, 6) is 0. The molecule has 0 unspecified atom stereocenters. The largest absolute Gasteiger partial charge is 0.118 e. The van der Waals surface area contributed by atoms with Crippen molar-refractivity contribution in [3.63, 3.8) is 0 Å². The Morgan fingerprint density at radius 2 is 1.80 bits per heavy atom. The first kappa shape index (κ1) is 15.4. The van der Waals surface area contributed by atoms with Gasteiger partial charge in [0, 0.05) is 0 Å². The number of hydrogen-bond donors (Lipinski definition) is 0. The van der Waals surface area contributed by atoms with Crippen molar-refractivity contribution in [2.45, 2.75) is 52.6 Å². The second-order valence-electron chi connectivity index (χ2n) is 8.05. The van der Waals surface area contributed by atoms with Crippen molar-refractivity contribution in [1.29, 1.82) is 0 Å². The van der Waals surface area contributed by atoms with Gasteiger partial charge in [-0.1, -0.05) is 73.1 Å². The van der Waals surface area contributed by atoms with Crippen LogP contribution in [0, 0.1) is 13.8 Å². The standard InChI is InChI=1S/C24H26Si/c1-5-25(6-2)23-16(4)21(17-9-7-8-10-17)20-14-18-13-15(3)11-12-19(18)22(20)24(23)25/h7-9,11-13H,5-6,10,14H2,1-4H3. The van der Waals surface area contributed by atoms with Crippen LogP contribution in [0.1, 0.15) is 48.1 Å². The summed E-state index contributed by atoms with van der Waals surface area (Å²) >= 11 is 0. The topological polar surface area (TPSA) is 0 Å². The van der Waals surface area contributed by atoms with E-state index in [1.807, 2.05) is 10.4 Å². The predicted octanol–water partition coefficient (Wildman–Crippen LogP) is 5.13. The smallest absolute Gasteiger partial charge is 0.0801 e. The van der Waals surface area contributed by atoms with Crippen LogP contribution in [0.4, 0.5) is 0 Å². The highest BCUT2D eigenvalue weighted by Gasteiger charge is 2.55. The molecule has 2 aromatic rings. The maximum absolute atomic E-state index is 2.43. The third kappa shape index (κ3) is 1.82. The fourth-order valence-electron chi connectivity index (χ4n) is 5.70. The number of aryl methyl sites for hydroxylation is 1. The molecule has 0 fully saturated rings. The predicted molar refractivity (Wildman–Crippen MR) is 112 cm³/mol. The van der Waals surface area contributed by atoms with E-state index in [-0.39, 0.29) is 0 Å². The zero-order valence-corrected chi connectivity index (χ0v) is 16.8. The van der Waals surface area contributed by atoms with Crippen molar-refractivity contribution >= 4 is 24.0 Å². The van der Waals surface area contributed by atoms with E-state index in [2.05, 4.69) is 64.1 Å². The van der Waals surface area contributed by atoms with Crippen LogP contribution in [0.2, 0.25) is 12.1 Å². The average Bonchev–Trinajstić information content (AvgIpc) is 2.91. The van der Waals surface area contributed by atoms with E-state index >= 15 is 0 Å². The molecule has 1 heteroatoms. The van der Waals surface area contributed by atoms with Gasteiger partial charge < -0.3 is 0 Å². The van der Waals surface area contributed by atoms with E-state index in [1.165, 1.54) is 17.7 Å². The van der Waals surface area contributed by atoms with E-state index in [1.54, 1.807) is 39.0 Å². The van der Waals surface area contributed by atoms with Crippen molar-refractivity contribution in [2.24, 2.45) is 0 Å². The van der Waals surface area contributed by atoms with Crippen LogP contribution in [0.5, 0.6) is 0 Å². The quantitative estimate of drug-likeness (QED) is 0.579. The van der Waals surface area contributed by atoms with Crippen molar-refractivity contribution in [3.05, 3.63) is 64.2 Å². The van der Waals surface area contributed by atoms with Gasteiger partial charge in [0.2, 0.25) is 0 Å². The van der Waals surface area contributed by atoms with Crippen molar-refractivity contribution in [1.82, 2.24) is 0 Å². The van der Waals surface area contributed by atoms with E-state index in [0.717, 1.165) is 12.8 Å². The Hall–Kier alpha value is -1.86. The Morgan fingerprint density at radius 3 is 2.48 bits per heavy atom. The van der Waals surface area contributed by atoms with E-state index < -0.39 is 8.07 Å². The minimum Gasteiger partial charge on any atom is -0.0801 e. The van der Waals surface area contributed by atoms with Crippen molar-refractivity contribution in [3.8, 4) is 11.1 Å². The molecule has 2 aliphatic carbocycles. The summed E-state index contributed by atoms with van der Waals surface area (Å²) in [5.41, 5.74) is 12.6. The van der Waals surface area contributed by atoms with Gasteiger partial charge in [0.15, 0.2) is 0 Å². The van der Waals surface area contributed by atoms with Gasteiger partial charge in [0.05, 0.1) is 0 Å². The van der Waals surface area contributed by atoms with Gasteiger partial charge in [-0.25, -0.2) is 0 Å². The summed E-state index contributed by atoms with van der Waals surface area (Å²) in [5, 5.41) is 3.63. The normalized spacial score (nSPS) is 18.0. The lowest BCUT2D eigenvalue weighted by atomic mass is 9.91. The molecule has 126 valence electrons. The first-order valence-corrected chi connectivity index (χ1v) is 12.2. The second kappa shape index (κ2) is 5.08. The summed E-state index contributed by atoms with van der Waals surface area (Å²) in [6.45, 7) is 9.51. The molecule has 1 heterocycles. The Morgan fingerprint density at radius 1 is 1.00 bits per heavy atom. The van der Waals surface area contributed by atoms with E-state index in [4.69, 9.17) is 0 Å². The fourth-order valence-corrected chi connectivity index (χ4v) is 10.8. The molecule has 0 amide bonds.